The number of halogens is 2. The minimum atomic E-state index is -0.463. The van der Waals surface area contributed by atoms with E-state index in [-0.39, 0.29) is 23.3 Å². The summed E-state index contributed by atoms with van der Waals surface area (Å²) < 4.78 is 15.5. The van der Waals surface area contributed by atoms with Crippen molar-refractivity contribution in [3.05, 3.63) is 68.7 Å². The van der Waals surface area contributed by atoms with Gasteiger partial charge in [-0.15, -0.1) is 0 Å². The van der Waals surface area contributed by atoms with Crippen molar-refractivity contribution in [2.24, 2.45) is 0 Å². The number of rotatable bonds is 6. The Bertz CT molecular complexity index is 1100. The summed E-state index contributed by atoms with van der Waals surface area (Å²) in [6.07, 6.45) is 0. The van der Waals surface area contributed by atoms with Crippen LogP contribution in [0.1, 0.15) is 32.4 Å². The SMILES string of the molecule is CCn1c(SC(C)C(=O)NC(C)c2ccc(F)cc2)nc2ccc(Br)cc2c1=O. The van der Waals surface area contributed by atoms with Crippen LogP contribution in [-0.4, -0.2) is 20.7 Å². The highest BCUT2D eigenvalue weighted by molar-refractivity contribution is 9.10. The number of amides is 1. The maximum atomic E-state index is 13.1. The van der Waals surface area contributed by atoms with Crippen molar-refractivity contribution in [3.63, 3.8) is 0 Å². The normalized spacial score (nSPS) is 13.3. The number of nitrogens with zero attached hydrogens (tertiary/aromatic N) is 2. The van der Waals surface area contributed by atoms with E-state index in [0.717, 1.165) is 10.0 Å². The lowest BCUT2D eigenvalue weighted by Crippen LogP contribution is -2.34. The van der Waals surface area contributed by atoms with Crippen molar-refractivity contribution in [1.29, 1.82) is 0 Å². The van der Waals surface area contributed by atoms with E-state index in [1.165, 1.54) is 23.9 Å². The molecule has 0 saturated carbocycles. The van der Waals surface area contributed by atoms with Gasteiger partial charge in [-0.2, -0.15) is 0 Å². The van der Waals surface area contributed by atoms with E-state index in [4.69, 9.17) is 0 Å². The van der Waals surface area contributed by atoms with Gasteiger partial charge >= 0.3 is 0 Å². The maximum Gasteiger partial charge on any atom is 0.262 e. The van der Waals surface area contributed by atoms with Crippen molar-refractivity contribution in [3.8, 4) is 0 Å². The monoisotopic (exact) mass is 477 g/mol. The zero-order valence-corrected chi connectivity index (χ0v) is 18.7. The minimum absolute atomic E-state index is 0.131. The summed E-state index contributed by atoms with van der Waals surface area (Å²) in [5.74, 6) is -0.497. The quantitative estimate of drug-likeness (QED) is 0.413. The van der Waals surface area contributed by atoms with Gasteiger partial charge in [0.05, 0.1) is 22.2 Å². The van der Waals surface area contributed by atoms with Crippen LogP contribution >= 0.6 is 27.7 Å². The average Bonchev–Trinajstić information content (AvgIpc) is 2.69. The highest BCUT2D eigenvalue weighted by atomic mass is 79.9. The number of fused-ring (bicyclic) bond motifs is 1. The molecule has 2 unspecified atom stereocenters. The molecule has 0 fully saturated rings. The standard InChI is InChI=1S/C21H21BrFN3O2S/c1-4-26-20(28)17-11-15(22)7-10-18(17)25-21(26)29-13(3)19(27)24-12(2)14-5-8-16(23)9-6-14/h5-13H,4H2,1-3H3,(H,24,27). The van der Waals surface area contributed by atoms with Crippen LogP contribution in [0.25, 0.3) is 10.9 Å². The van der Waals surface area contributed by atoms with Crippen molar-refractivity contribution >= 4 is 44.5 Å². The van der Waals surface area contributed by atoms with Gasteiger partial charge in [-0.1, -0.05) is 39.8 Å². The topological polar surface area (TPSA) is 64.0 Å². The van der Waals surface area contributed by atoms with E-state index < -0.39 is 5.25 Å². The van der Waals surface area contributed by atoms with E-state index in [2.05, 4.69) is 26.2 Å². The van der Waals surface area contributed by atoms with E-state index in [0.29, 0.717) is 22.6 Å². The number of thioether (sulfide) groups is 1. The first-order valence-electron chi connectivity index (χ1n) is 9.22. The zero-order valence-electron chi connectivity index (χ0n) is 16.3. The molecule has 0 spiro atoms. The highest BCUT2D eigenvalue weighted by Gasteiger charge is 2.21. The van der Waals surface area contributed by atoms with E-state index >= 15 is 0 Å². The Morgan fingerprint density at radius 3 is 2.59 bits per heavy atom. The summed E-state index contributed by atoms with van der Waals surface area (Å²) >= 11 is 4.63. The molecule has 3 aromatic rings. The summed E-state index contributed by atoms with van der Waals surface area (Å²) in [5, 5.41) is 3.51. The molecule has 0 aliphatic rings. The van der Waals surface area contributed by atoms with Crippen LogP contribution in [0.4, 0.5) is 4.39 Å². The summed E-state index contributed by atoms with van der Waals surface area (Å²) in [5.41, 5.74) is 1.28. The number of benzene rings is 2. The van der Waals surface area contributed by atoms with Gasteiger partial charge in [0.2, 0.25) is 5.91 Å². The van der Waals surface area contributed by atoms with Gasteiger partial charge in [0.1, 0.15) is 5.82 Å². The van der Waals surface area contributed by atoms with Gasteiger partial charge < -0.3 is 5.32 Å². The molecule has 29 heavy (non-hydrogen) atoms. The molecule has 1 N–H and O–H groups in total. The second-order valence-corrected chi connectivity index (χ2v) is 8.87. The van der Waals surface area contributed by atoms with Gasteiger partial charge in [0.25, 0.3) is 5.56 Å². The number of hydrogen-bond donors (Lipinski definition) is 1. The zero-order chi connectivity index (χ0) is 21.1. The number of aromatic nitrogens is 2. The Kier molecular flexibility index (Phi) is 6.74. The van der Waals surface area contributed by atoms with Gasteiger partial charge in [-0.05, 0) is 56.7 Å². The Labute approximate surface area is 180 Å². The van der Waals surface area contributed by atoms with Crippen molar-refractivity contribution in [1.82, 2.24) is 14.9 Å². The molecule has 1 aromatic heterocycles. The summed E-state index contributed by atoms with van der Waals surface area (Å²) in [7, 11) is 0. The molecule has 0 radical (unpaired) electrons. The molecule has 3 rings (SSSR count). The molecule has 0 aliphatic heterocycles. The van der Waals surface area contributed by atoms with E-state index in [1.54, 1.807) is 35.8 Å². The second-order valence-electron chi connectivity index (χ2n) is 6.65. The molecule has 0 aliphatic carbocycles. The maximum absolute atomic E-state index is 13.1. The predicted octanol–water partition coefficient (Wildman–Crippen LogP) is 4.68. The predicted molar refractivity (Wildman–Crippen MR) is 118 cm³/mol. The molecule has 152 valence electrons. The summed E-state index contributed by atoms with van der Waals surface area (Å²) in [6.45, 7) is 5.95. The molecular weight excluding hydrogens is 457 g/mol. The summed E-state index contributed by atoms with van der Waals surface area (Å²) in [6, 6.07) is 11.1. The smallest absolute Gasteiger partial charge is 0.262 e. The van der Waals surface area contributed by atoms with Crippen LogP contribution in [-0.2, 0) is 11.3 Å². The molecule has 8 heteroatoms. The number of hydrogen-bond acceptors (Lipinski definition) is 4. The Morgan fingerprint density at radius 1 is 1.24 bits per heavy atom. The summed E-state index contributed by atoms with van der Waals surface area (Å²) in [4.78, 5) is 30.1. The number of carbonyl (C=O) groups excluding carboxylic acids is 1. The average molecular weight is 478 g/mol. The third-order valence-electron chi connectivity index (χ3n) is 4.58. The molecule has 0 saturated heterocycles. The Balaban J connectivity index is 1.80. The fraction of sp³-hybridized carbons (Fsp3) is 0.286. The van der Waals surface area contributed by atoms with Gasteiger partial charge in [0, 0.05) is 11.0 Å². The second kappa shape index (κ2) is 9.09. The molecular formula is C21H21BrFN3O2S. The third kappa shape index (κ3) is 4.87. The van der Waals surface area contributed by atoms with Crippen molar-refractivity contribution < 1.29 is 9.18 Å². The molecule has 2 atom stereocenters. The number of nitrogens with one attached hydrogen (secondary N) is 1. The fourth-order valence-corrected chi connectivity index (χ4v) is 4.26. The third-order valence-corrected chi connectivity index (χ3v) is 6.16. The largest absolute Gasteiger partial charge is 0.349 e. The van der Waals surface area contributed by atoms with Gasteiger partial charge in [-0.3, -0.25) is 14.2 Å². The minimum Gasteiger partial charge on any atom is -0.349 e. The first-order chi connectivity index (χ1) is 13.8. The highest BCUT2D eigenvalue weighted by Crippen LogP contribution is 2.24. The van der Waals surface area contributed by atoms with Crippen molar-refractivity contribution in [2.45, 2.75) is 43.8 Å². The van der Waals surface area contributed by atoms with Crippen LogP contribution in [0.15, 0.2) is 56.9 Å². The van der Waals surface area contributed by atoms with Crippen LogP contribution in [0.2, 0.25) is 0 Å². The van der Waals surface area contributed by atoms with E-state index in [9.17, 15) is 14.0 Å². The van der Waals surface area contributed by atoms with Crippen molar-refractivity contribution in [2.75, 3.05) is 0 Å². The van der Waals surface area contributed by atoms with Gasteiger partial charge in [-0.25, -0.2) is 9.37 Å². The first kappa shape index (κ1) is 21.5. The lowest BCUT2D eigenvalue weighted by molar-refractivity contribution is -0.120. The molecule has 0 bridgehead atoms. The van der Waals surface area contributed by atoms with Crippen LogP contribution in [0.3, 0.4) is 0 Å². The first-order valence-corrected chi connectivity index (χ1v) is 10.9. The lowest BCUT2D eigenvalue weighted by Gasteiger charge is -2.19. The lowest BCUT2D eigenvalue weighted by atomic mass is 10.1. The molecule has 5 nitrogen and oxygen atoms in total. The fourth-order valence-electron chi connectivity index (χ4n) is 2.92. The van der Waals surface area contributed by atoms with Crippen LogP contribution in [0.5, 0.6) is 0 Å². The molecule has 1 heterocycles. The Morgan fingerprint density at radius 2 is 1.93 bits per heavy atom. The molecule has 1 amide bonds. The van der Waals surface area contributed by atoms with Gasteiger partial charge in [0.15, 0.2) is 5.16 Å². The Hall–Kier alpha value is -2.19. The molecule has 2 aromatic carbocycles. The number of carbonyl (C=O) groups is 1. The van der Waals surface area contributed by atoms with Crippen LogP contribution < -0.4 is 10.9 Å². The van der Waals surface area contributed by atoms with Crippen LogP contribution in [0, 0.1) is 5.82 Å². The van der Waals surface area contributed by atoms with E-state index in [1.807, 2.05) is 19.9 Å².